The van der Waals surface area contributed by atoms with Crippen LogP contribution in [0.3, 0.4) is 0 Å². The largest absolute Gasteiger partial charge is 0.494 e. The second kappa shape index (κ2) is 4.13. The van der Waals surface area contributed by atoms with E-state index >= 15 is 0 Å². The summed E-state index contributed by atoms with van der Waals surface area (Å²) in [5.74, 6) is 0.919. The molecule has 14 heavy (non-hydrogen) atoms. The van der Waals surface area contributed by atoms with E-state index in [9.17, 15) is 0 Å². The van der Waals surface area contributed by atoms with Gasteiger partial charge in [-0.3, -0.25) is 0 Å². The Bertz CT molecular complexity index is 330. The Balaban J connectivity index is 2.13. The number of rotatable bonds is 3. The zero-order valence-corrected chi connectivity index (χ0v) is 8.29. The molecule has 0 atom stereocenters. The molecule has 1 heterocycles. The van der Waals surface area contributed by atoms with Crippen LogP contribution in [0.2, 0.25) is 0 Å². The second-order valence-corrected chi connectivity index (χ2v) is 3.17. The van der Waals surface area contributed by atoms with E-state index in [4.69, 9.17) is 4.74 Å². The van der Waals surface area contributed by atoms with Crippen molar-refractivity contribution in [2.75, 3.05) is 13.2 Å². The molecule has 1 aliphatic heterocycles. The van der Waals surface area contributed by atoms with Gasteiger partial charge in [-0.2, -0.15) is 5.10 Å². The van der Waals surface area contributed by atoms with Crippen LogP contribution in [-0.2, 0) is 0 Å². The van der Waals surface area contributed by atoms with Crippen molar-refractivity contribution in [3.05, 3.63) is 29.8 Å². The first-order chi connectivity index (χ1) is 6.90. The van der Waals surface area contributed by atoms with Gasteiger partial charge in [0.2, 0.25) is 0 Å². The van der Waals surface area contributed by atoms with E-state index in [1.165, 1.54) is 5.56 Å². The first-order valence-electron chi connectivity index (χ1n) is 4.93. The van der Waals surface area contributed by atoms with Gasteiger partial charge in [0.25, 0.3) is 0 Å². The van der Waals surface area contributed by atoms with Crippen LogP contribution in [0.25, 0.3) is 0 Å². The minimum absolute atomic E-state index is 0.710. The molecular formula is C11H14N2O. The maximum absolute atomic E-state index is 5.37. The molecule has 3 heteroatoms. The molecule has 3 nitrogen and oxygen atoms in total. The Morgan fingerprint density at radius 1 is 1.36 bits per heavy atom. The molecular weight excluding hydrogens is 176 g/mol. The number of ether oxygens (including phenoxy) is 1. The Labute approximate surface area is 83.8 Å². The van der Waals surface area contributed by atoms with Crippen LogP contribution in [0, 0.1) is 0 Å². The van der Waals surface area contributed by atoms with Gasteiger partial charge < -0.3 is 10.2 Å². The van der Waals surface area contributed by atoms with Crippen molar-refractivity contribution in [2.45, 2.75) is 13.3 Å². The number of benzene rings is 1. The van der Waals surface area contributed by atoms with Crippen LogP contribution in [0.4, 0.5) is 0 Å². The molecule has 0 saturated carbocycles. The van der Waals surface area contributed by atoms with Gasteiger partial charge in [-0.15, -0.1) is 0 Å². The van der Waals surface area contributed by atoms with Crippen molar-refractivity contribution >= 4 is 5.71 Å². The quantitative estimate of drug-likeness (QED) is 0.788. The molecule has 0 fully saturated rings. The van der Waals surface area contributed by atoms with Crippen LogP contribution in [0.5, 0.6) is 5.75 Å². The zero-order valence-electron chi connectivity index (χ0n) is 8.29. The van der Waals surface area contributed by atoms with Gasteiger partial charge in [0, 0.05) is 13.0 Å². The fourth-order valence-corrected chi connectivity index (χ4v) is 1.50. The van der Waals surface area contributed by atoms with E-state index in [0.717, 1.165) is 24.4 Å². The van der Waals surface area contributed by atoms with Crippen LogP contribution in [0.1, 0.15) is 18.9 Å². The van der Waals surface area contributed by atoms with E-state index in [-0.39, 0.29) is 0 Å². The van der Waals surface area contributed by atoms with Crippen molar-refractivity contribution in [2.24, 2.45) is 5.10 Å². The molecule has 1 N–H and O–H groups in total. The van der Waals surface area contributed by atoms with Crippen molar-refractivity contribution < 1.29 is 4.74 Å². The number of hydrogen-bond acceptors (Lipinski definition) is 3. The Morgan fingerprint density at radius 2 is 2.14 bits per heavy atom. The Hall–Kier alpha value is -1.51. The van der Waals surface area contributed by atoms with Gasteiger partial charge in [-0.25, -0.2) is 0 Å². The van der Waals surface area contributed by atoms with Crippen molar-refractivity contribution in [3.8, 4) is 5.75 Å². The number of hydrogen-bond donors (Lipinski definition) is 1. The lowest BCUT2D eigenvalue weighted by Gasteiger charge is -2.03. The van der Waals surface area contributed by atoms with Crippen LogP contribution < -0.4 is 10.2 Å². The Morgan fingerprint density at radius 3 is 2.71 bits per heavy atom. The van der Waals surface area contributed by atoms with Gasteiger partial charge in [0.1, 0.15) is 5.75 Å². The third-order valence-corrected chi connectivity index (χ3v) is 2.19. The molecule has 0 aromatic heterocycles. The number of hydrazone groups is 1. The molecule has 1 aromatic rings. The van der Waals surface area contributed by atoms with Crippen LogP contribution in [-0.4, -0.2) is 18.9 Å². The first kappa shape index (κ1) is 9.06. The highest BCUT2D eigenvalue weighted by molar-refractivity contribution is 6.01. The van der Waals surface area contributed by atoms with E-state index in [0.29, 0.717) is 6.61 Å². The molecule has 0 radical (unpaired) electrons. The molecule has 0 unspecified atom stereocenters. The third-order valence-electron chi connectivity index (χ3n) is 2.19. The first-order valence-corrected chi connectivity index (χ1v) is 4.93. The molecule has 0 amide bonds. The SMILES string of the molecule is CCOc1ccc(C2=NNCC2)cc1. The maximum atomic E-state index is 5.37. The summed E-state index contributed by atoms with van der Waals surface area (Å²) in [6.45, 7) is 3.64. The number of nitrogens with one attached hydrogen (secondary N) is 1. The Kier molecular flexibility index (Phi) is 2.68. The molecule has 0 aliphatic carbocycles. The average Bonchev–Trinajstić information content (AvgIpc) is 2.72. The predicted octanol–water partition coefficient (Wildman–Crippen LogP) is 1.78. The summed E-state index contributed by atoms with van der Waals surface area (Å²) < 4.78 is 5.37. The van der Waals surface area contributed by atoms with E-state index in [1.807, 2.05) is 19.1 Å². The second-order valence-electron chi connectivity index (χ2n) is 3.17. The molecule has 0 spiro atoms. The van der Waals surface area contributed by atoms with Gasteiger partial charge >= 0.3 is 0 Å². The van der Waals surface area contributed by atoms with Gasteiger partial charge in [-0.1, -0.05) is 0 Å². The van der Waals surface area contributed by atoms with Crippen molar-refractivity contribution in [1.82, 2.24) is 5.43 Å². The van der Waals surface area contributed by atoms with Gasteiger partial charge in [-0.05, 0) is 36.8 Å². The lowest BCUT2D eigenvalue weighted by Crippen LogP contribution is -1.98. The molecule has 1 aliphatic rings. The summed E-state index contributed by atoms with van der Waals surface area (Å²) in [5, 5.41) is 4.21. The third kappa shape index (κ3) is 1.87. The smallest absolute Gasteiger partial charge is 0.119 e. The predicted molar refractivity (Wildman–Crippen MR) is 56.8 cm³/mol. The average molecular weight is 190 g/mol. The summed E-state index contributed by atoms with van der Waals surface area (Å²) in [6, 6.07) is 8.08. The molecule has 1 aromatic carbocycles. The summed E-state index contributed by atoms with van der Waals surface area (Å²) in [6.07, 6.45) is 1.01. The summed E-state index contributed by atoms with van der Waals surface area (Å²) in [7, 11) is 0. The fraction of sp³-hybridized carbons (Fsp3) is 0.364. The highest BCUT2D eigenvalue weighted by Gasteiger charge is 2.08. The lowest BCUT2D eigenvalue weighted by atomic mass is 10.1. The van der Waals surface area contributed by atoms with E-state index in [1.54, 1.807) is 0 Å². The van der Waals surface area contributed by atoms with Gasteiger partial charge in [0.05, 0.1) is 12.3 Å². The highest BCUT2D eigenvalue weighted by atomic mass is 16.5. The minimum Gasteiger partial charge on any atom is -0.494 e. The molecule has 74 valence electrons. The summed E-state index contributed by atoms with van der Waals surface area (Å²) in [5.41, 5.74) is 5.28. The van der Waals surface area contributed by atoms with Crippen molar-refractivity contribution in [1.29, 1.82) is 0 Å². The molecule has 2 rings (SSSR count). The van der Waals surface area contributed by atoms with Crippen molar-refractivity contribution in [3.63, 3.8) is 0 Å². The zero-order chi connectivity index (χ0) is 9.80. The molecule has 0 saturated heterocycles. The minimum atomic E-state index is 0.710. The van der Waals surface area contributed by atoms with E-state index < -0.39 is 0 Å². The van der Waals surface area contributed by atoms with E-state index in [2.05, 4.69) is 22.7 Å². The summed E-state index contributed by atoms with van der Waals surface area (Å²) in [4.78, 5) is 0. The van der Waals surface area contributed by atoms with Crippen LogP contribution >= 0.6 is 0 Å². The fourth-order valence-electron chi connectivity index (χ4n) is 1.50. The van der Waals surface area contributed by atoms with Gasteiger partial charge in [0.15, 0.2) is 0 Å². The normalized spacial score (nSPS) is 14.8. The van der Waals surface area contributed by atoms with Crippen LogP contribution in [0.15, 0.2) is 29.4 Å². The monoisotopic (exact) mass is 190 g/mol. The lowest BCUT2D eigenvalue weighted by molar-refractivity contribution is 0.340. The number of nitrogens with zero attached hydrogens (tertiary/aromatic N) is 1. The summed E-state index contributed by atoms with van der Waals surface area (Å²) >= 11 is 0. The maximum Gasteiger partial charge on any atom is 0.119 e. The molecule has 0 bridgehead atoms. The standard InChI is InChI=1S/C11H14N2O/c1-2-14-10-5-3-9(4-6-10)11-7-8-12-13-11/h3-6,12H,2,7-8H2,1H3. The highest BCUT2D eigenvalue weighted by Crippen LogP contribution is 2.14. The topological polar surface area (TPSA) is 33.6 Å².